The third-order valence-electron chi connectivity index (χ3n) is 6.30. The molecule has 2 aromatic rings. The second-order valence-electron chi connectivity index (χ2n) is 8.49. The lowest BCUT2D eigenvalue weighted by molar-refractivity contribution is -0.137. The summed E-state index contributed by atoms with van der Waals surface area (Å²) < 4.78 is 44.9. The van der Waals surface area contributed by atoms with Crippen molar-refractivity contribution >= 4 is 23.1 Å². The molecule has 176 valence electrons. The minimum atomic E-state index is -4.54. The number of benzene rings is 1. The van der Waals surface area contributed by atoms with E-state index >= 15 is 0 Å². The van der Waals surface area contributed by atoms with Gasteiger partial charge in [0.15, 0.2) is 0 Å². The maximum Gasteiger partial charge on any atom is 0.417 e. The molecule has 0 bridgehead atoms. The van der Waals surface area contributed by atoms with E-state index in [9.17, 15) is 18.0 Å². The largest absolute Gasteiger partial charge is 0.487 e. The lowest BCUT2D eigenvalue weighted by Crippen LogP contribution is -2.53. The first-order valence-corrected chi connectivity index (χ1v) is 11.1. The van der Waals surface area contributed by atoms with Gasteiger partial charge in [0.05, 0.1) is 22.2 Å². The molecule has 0 unspecified atom stereocenters. The van der Waals surface area contributed by atoms with Crippen LogP contribution in [0.4, 0.5) is 13.2 Å². The molecule has 1 aliphatic carbocycles. The molecular formula is C24H25ClF3N3O2. The van der Waals surface area contributed by atoms with Crippen LogP contribution in [0.3, 0.4) is 0 Å². The number of hydrogen-bond donors (Lipinski definition) is 1. The van der Waals surface area contributed by atoms with Crippen LogP contribution >= 0.6 is 11.6 Å². The molecule has 0 radical (unpaired) electrons. The van der Waals surface area contributed by atoms with Crippen molar-refractivity contribution in [2.24, 2.45) is 5.92 Å². The molecule has 9 heteroatoms. The number of carbonyl (C=O) groups excluding carboxylic acids is 1. The first-order valence-electron chi connectivity index (χ1n) is 10.8. The number of hydrogen-bond acceptors (Lipinski definition) is 4. The van der Waals surface area contributed by atoms with Crippen molar-refractivity contribution in [1.29, 1.82) is 0 Å². The van der Waals surface area contributed by atoms with E-state index in [-0.39, 0.29) is 24.1 Å². The molecule has 1 amide bonds. The van der Waals surface area contributed by atoms with Gasteiger partial charge in [0.2, 0.25) is 5.91 Å². The molecule has 1 aromatic carbocycles. The monoisotopic (exact) mass is 479 g/mol. The highest BCUT2D eigenvalue weighted by Gasteiger charge is 2.34. The van der Waals surface area contributed by atoms with E-state index in [1.54, 1.807) is 7.05 Å². The number of nitrogens with one attached hydrogen (secondary N) is 1. The van der Waals surface area contributed by atoms with Gasteiger partial charge in [-0.2, -0.15) is 13.2 Å². The van der Waals surface area contributed by atoms with E-state index in [4.69, 9.17) is 16.3 Å². The third kappa shape index (κ3) is 5.17. The minimum Gasteiger partial charge on any atom is -0.487 e. The number of halogens is 4. The molecule has 0 atom stereocenters. The zero-order valence-corrected chi connectivity index (χ0v) is 19.2. The van der Waals surface area contributed by atoms with Crippen molar-refractivity contribution < 1.29 is 22.7 Å². The van der Waals surface area contributed by atoms with Crippen LogP contribution in [0.2, 0.25) is 5.02 Å². The fourth-order valence-corrected chi connectivity index (χ4v) is 4.58. The summed E-state index contributed by atoms with van der Waals surface area (Å²) in [7, 11) is 1.67. The zero-order chi connectivity index (χ0) is 23.8. The van der Waals surface area contributed by atoms with Crippen molar-refractivity contribution in [3.63, 3.8) is 0 Å². The number of likely N-dealkylation sites (tertiary alicyclic amines) is 1. The molecule has 1 N–H and O–H groups in total. The van der Waals surface area contributed by atoms with Crippen LogP contribution in [0.15, 0.2) is 36.0 Å². The summed E-state index contributed by atoms with van der Waals surface area (Å²) in [5.41, 5.74) is 4.17. The number of fused-ring (bicyclic) bond motifs is 1. The standard InChI is InChI=1S/C24H25ClF3N3O2/c1-14-16(10-31-11-17(12-31)23(32)29-2)4-3-15-7-19(5-6-20(14)15)33-13-18-8-21(24(26,27)28)22(25)9-30-18/h5-9,17H,3-4,10-13H2,1-2H3,(H,29,32). The summed E-state index contributed by atoms with van der Waals surface area (Å²) in [6.45, 7) is 4.46. The van der Waals surface area contributed by atoms with Crippen LogP contribution in [0.25, 0.3) is 5.57 Å². The topological polar surface area (TPSA) is 54.5 Å². The fraction of sp³-hybridized carbons (Fsp3) is 0.417. The number of ether oxygens (including phenoxy) is 1. The maximum atomic E-state index is 13.0. The third-order valence-corrected chi connectivity index (χ3v) is 6.60. The van der Waals surface area contributed by atoms with Gasteiger partial charge in [-0.3, -0.25) is 14.7 Å². The van der Waals surface area contributed by atoms with Crippen molar-refractivity contribution in [2.45, 2.75) is 32.5 Å². The number of pyridine rings is 1. The molecule has 1 aromatic heterocycles. The van der Waals surface area contributed by atoms with Gasteiger partial charge in [0, 0.05) is 32.9 Å². The van der Waals surface area contributed by atoms with Crippen molar-refractivity contribution in [2.75, 3.05) is 26.7 Å². The Morgan fingerprint density at radius 1 is 1.27 bits per heavy atom. The predicted molar refractivity (Wildman–Crippen MR) is 120 cm³/mol. The molecule has 2 heterocycles. The van der Waals surface area contributed by atoms with Crippen LogP contribution in [-0.2, 0) is 24.0 Å². The van der Waals surface area contributed by atoms with Crippen LogP contribution in [0.5, 0.6) is 5.75 Å². The summed E-state index contributed by atoms with van der Waals surface area (Å²) in [6, 6.07) is 6.70. The lowest BCUT2D eigenvalue weighted by atomic mass is 9.85. The molecule has 1 saturated heterocycles. The van der Waals surface area contributed by atoms with E-state index < -0.39 is 16.8 Å². The Morgan fingerprint density at radius 3 is 2.73 bits per heavy atom. The van der Waals surface area contributed by atoms with Gasteiger partial charge in [-0.15, -0.1) is 0 Å². The summed E-state index contributed by atoms with van der Waals surface area (Å²) in [5.74, 6) is 0.766. The summed E-state index contributed by atoms with van der Waals surface area (Å²) in [6.07, 6.45) is -1.75. The van der Waals surface area contributed by atoms with E-state index in [0.717, 1.165) is 55.9 Å². The molecule has 1 fully saturated rings. The summed E-state index contributed by atoms with van der Waals surface area (Å²) in [5, 5.41) is 2.27. The van der Waals surface area contributed by atoms with Crippen LogP contribution in [0, 0.1) is 5.92 Å². The highest BCUT2D eigenvalue weighted by atomic mass is 35.5. The van der Waals surface area contributed by atoms with Gasteiger partial charge in [-0.25, -0.2) is 0 Å². The lowest BCUT2D eigenvalue weighted by Gasteiger charge is -2.39. The van der Waals surface area contributed by atoms with Gasteiger partial charge in [-0.05, 0) is 54.7 Å². The summed E-state index contributed by atoms with van der Waals surface area (Å²) in [4.78, 5) is 17.9. The van der Waals surface area contributed by atoms with Gasteiger partial charge in [0.1, 0.15) is 12.4 Å². The Kier molecular flexibility index (Phi) is 6.68. The van der Waals surface area contributed by atoms with Gasteiger partial charge < -0.3 is 10.1 Å². The van der Waals surface area contributed by atoms with E-state index in [0.29, 0.717) is 5.75 Å². The van der Waals surface area contributed by atoms with Gasteiger partial charge in [0.25, 0.3) is 0 Å². The fourth-order valence-electron chi connectivity index (χ4n) is 4.37. The number of rotatable bonds is 6. The first kappa shape index (κ1) is 23.6. The number of alkyl halides is 3. The number of aryl methyl sites for hydroxylation is 1. The normalized spacial score (nSPS) is 16.9. The van der Waals surface area contributed by atoms with Crippen LogP contribution < -0.4 is 10.1 Å². The van der Waals surface area contributed by atoms with Crippen molar-refractivity contribution in [1.82, 2.24) is 15.2 Å². The van der Waals surface area contributed by atoms with Crippen molar-refractivity contribution in [3.05, 3.63) is 63.4 Å². The molecule has 1 aliphatic heterocycles. The maximum absolute atomic E-state index is 13.0. The first-order chi connectivity index (χ1) is 15.7. The number of allylic oxidation sites excluding steroid dienone is 1. The van der Waals surface area contributed by atoms with Crippen LogP contribution in [-0.4, -0.2) is 42.5 Å². The highest BCUT2D eigenvalue weighted by Crippen LogP contribution is 2.36. The Morgan fingerprint density at radius 2 is 2.03 bits per heavy atom. The Hall–Kier alpha value is -2.58. The van der Waals surface area contributed by atoms with Crippen LogP contribution in [0.1, 0.15) is 35.7 Å². The molecule has 0 spiro atoms. The quantitative estimate of drug-likeness (QED) is 0.651. The van der Waals surface area contributed by atoms with Crippen molar-refractivity contribution in [3.8, 4) is 5.75 Å². The average molecular weight is 480 g/mol. The van der Waals surface area contributed by atoms with Gasteiger partial charge in [-0.1, -0.05) is 23.2 Å². The minimum absolute atomic E-state index is 0.0776. The van der Waals surface area contributed by atoms with Gasteiger partial charge >= 0.3 is 6.18 Å². The number of nitrogens with zero attached hydrogens (tertiary/aromatic N) is 2. The smallest absolute Gasteiger partial charge is 0.417 e. The molecular weight excluding hydrogens is 455 g/mol. The average Bonchev–Trinajstić information content (AvgIpc) is 2.75. The zero-order valence-electron chi connectivity index (χ0n) is 18.4. The SMILES string of the molecule is CNC(=O)C1CN(CC2=C(C)c3ccc(OCc4cc(C(F)(F)F)c(Cl)cn4)cc3CC2)C1. The predicted octanol–water partition coefficient (Wildman–Crippen LogP) is 4.73. The number of carbonyl (C=O) groups is 1. The molecule has 2 aliphatic rings. The Bertz CT molecular complexity index is 1090. The molecule has 5 nitrogen and oxygen atoms in total. The van der Waals surface area contributed by atoms with E-state index in [1.807, 2.05) is 18.2 Å². The Labute approximate surface area is 195 Å². The van der Waals surface area contributed by atoms with E-state index in [2.05, 4.69) is 22.1 Å². The second-order valence-corrected chi connectivity index (χ2v) is 8.90. The number of amides is 1. The van der Waals surface area contributed by atoms with E-state index in [1.165, 1.54) is 11.1 Å². The highest BCUT2D eigenvalue weighted by molar-refractivity contribution is 6.31. The number of aromatic nitrogens is 1. The molecule has 4 rings (SSSR count). The Balaban J connectivity index is 1.40. The molecule has 0 saturated carbocycles. The second kappa shape index (κ2) is 9.35. The summed E-state index contributed by atoms with van der Waals surface area (Å²) >= 11 is 5.63. The molecule has 33 heavy (non-hydrogen) atoms.